The van der Waals surface area contributed by atoms with E-state index in [-0.39, 0.29) is 0 Å². The molecule has 0 bridgehead atoms. The largest absolute Gasteiger partial charge is 0.496 e. The smallest absolute Gasteiger partial charge is 0.199 e. The van der Waals surface area contributed by atoms with Crippen LogP contribution in [-0.4, -0.2) is 32.9 Å². The molecule has 0 saturated carbocycles. The van der Waals surface area contributed by atoms with E-state index in [2.05, 4.69) is 29.8 Å². The van der Waals surface area contributed by atoms with E-state index in [0.29, 0.717) is 24.0 Å². The first-order valence-corrected chi connectivity index (χ1v) is 10.6. The van der Waals surface area contributed by atoms with E-state index >= 15 is 0 Å². The lowest BCUT2D eigenvalue weighted by Crippen LogP contribution is -2.35. The molecule has 0 amide bonds. The summed E-state index contributed by atoms with van der Waals surface area (Å²) in [6, 6.07) is 10.5. The predicted molar refractivity (Wildman–Crippen MR) is 116 cm³/mol. The Bertz CT molecular complexity index is 1050. The minimum atomic E-state index is 0.358. The first kappa shape index (κ1) is 19.1. The standard InChI is InChI=1S/C21H24N4OS2/c1-4-11-24-20(17-7-5-6-8-18(17)26-3)22-25(21(24)27)14-23-12-9-19-16(15(23)2)10-13-28-19/h4-8,10,13,15H,1,9,11-12,14H2,2-3H3/t15-/m1/s1. The highest BCUT2D eigenvalue weighted by atomic mass is 32.1. The molecule has 0 unspecified atom stereocenters. The maximum atomic E-state index is 5.78. The van der Waals surface area contributed by atoms with Crippen molar-refractivity contribution in [3.8, 4) is 17.1 Å². The molecule has 3 aromatic rings. The molecule has 0 radical (unpaired) electrons. The highest BCUT2D eigenvalue weighted by molar-refractivity contribution is 7.71. The minimum absolute atomic E-state index is 0.358. The lowest BCUT2D eigenvalue weighted by molar-refractivity contribution is 0.144. The van der Waals surface area contributed by atoms with Crippen molar-refractivity contribution in [1.29, 1.82) is 0 Å². The summed E-state index contributed by atoms with van der Waals surface area (Å²) in [7, 11) is 1.68. The monoisotopic (exact) mass is 412 g/mol. The van der Waals surface area contributed by atoms with E-state index in [4.69, 9.17) is 22.1 Å². The Labute approximate surface area is 174 Å². The Balaban J connectivity index is 1.71. The fourth-order valence-corrected chi connectivity index (χ4v) is 5.00. The van der Waals surface area contributed by atoms with E-state index in [0.717, 1.165) is 30.1 Å². The van der Waals surface area contributed by atoms with Crippen LogP contribution in [0.2, 0.25) is 0 Å². The molecule has 2 aromatic heterocycles. The quantitative estimate of drug-likeness (QED) is 0.425. The summed E-state index contributed by atoms with van der Waals surface area (Å²) in [5, 5.41) is 7.08. The third-order valence-corrected chi connectivity index (χ3v) is 6.73. The summed E-state index contributed by atoms with van der Waals surface area (Å²) >= 11 is 7.63. The molecule has 7 heteroatoms. The average Bonchev–Trinajstić information content (AvgIpc) is 3.31. The van der Waals surface area contributed by atoms with Crippen LogP contribution in [0.1, 0.15) is 23.4 Å². The predicted octanol–water partition coefficient (Wildman–Crippen LogP) is 4.91. The van der Waals surface area contributed by atoms with Crippen LogP contribution in [0.4, 0.5) is 0 Å². The van der Waals surface area contributed by atoms with Crippen molar-refractivity contribution in [3.05, 3.63) is 63.6 Å². The van der Waals surface area contributed by atoms with Crippen LogP contribution in [0.15, 0.2) is 48.4 Å². The molecule has 0 aliphatic carbocycles. The SMILES string of the molecule is C=CCn1c(-c2ccccc2OC)nn(CN2CCc3sccc3[C@H]2C)c1=S. The van der Waals surface area contributed by atoms with Gasteiger partial charge in [-0.25, -0.2) is 4.68 Å². The molecule has 0 N–H and O–H groups in total. The first-order chi connectivity index (χ1) is 13.6. The van der Waals surface area contributed by atoms with Crippen LogP contribution < -0.4 is 4.74 Å². The van der Waals surface area contributed by atoms with Crippen molar-refractivity contribution in [3.63, 3.8) is 0 Å². The number of hydrogen-bond acceptors (Lipinski definition) is 5. The van der Waals surface area contributed by atoms with Gasteiger partial charge in [0.15, 0.2) is 10.6 Å². The molecule has 1 atom stereocenters. The van der Waals surface area contributed by atoms with E-state index < -0.39 is 0 Å². The second-order valence-corrected chi connectivity index (χ2v) is 8.25. The van der Waals surface area contributed by atoms with Crippen LogP contribution in [0.5, 0.6) is 5.75 Å². The van der Waals surface area contributed by atoms with Crippen LogP contribution in [-0.2, 0) is 19.6 Å². The summed E-state index contributed by atoms with van der Waals surface area (Å²) in [5.74, 6) is 1.59. The van der Waals surface area contributed by atoms with Gasteiger partial charge >= 0.3 is 0 Å². The molecule has 1 aromatic carbocycles. The zero-order chi connectivity index (χ0) is 19.7. The summed E-state index contributed by atoms with van der Waals surface area (Å²) in [6.07, 6.45) is 2.93. The van der Waals surface area contributed by atoms with E-state index in [1.54, 1.807) is 7.11 Å². The van der Waals surface area contributed by atoms with Gasteiger partial charge in [-0.15, -0.1) is 17.9 Å². The van der Waals surface area contributed by atoms with E-state index in [1.165, 1.54) is 10.4 Å². The number of para-hydroxylation sites is 1. The number of ether oxygens (including phenoxy) is 1. The Morgan fingerprint density at radius 1 is 1.36 bits per heavy atom. The van der Waals surface area contributed by atoms with Gasteiger partial charge in [-0.2, -0.15) is 5.10 Å². The lowest BCUT2D eigenvalue weighted by Gasteiger charge is -2.33. The Kier molecular flexibility index (Phi) is 5.48. The molecule has 0 spiro atoms. The molecule has 5 nitrogen and oxygen atoms in total. The Morgan fingerprint density at radius 2 is 2.18 bits per heavy atom. The van der Waals surface area contributed by atoms with Crippen LogP contribution in [0.3, 0.4) is 0 Å². The maximum absolute atomic E-state index is 5.78. The summed E-state index contributed by atoms with van der Waals surface area (Å²) in [4.78, 5) is 3.93. The Morgan fingerprint density at radius 3 is 2.96 bits per heavy atom. The van der Waals surface area contributed by atoms with Crippen molar-refractivity contribution in [2.75, 3.05) is 13.7 Å². The van der Waals surface area contributed by atoms with Gasteiger partial charge in [0.2, 0.25) is 0 Å². The van der Waals surface area contributed by atoms with Crippen molar-refractivity contribution in [2.45, 2.75) is 32.6 Å². The van der Waals surface area contributed by atoms with Crippen LogP contribution in [0, 0.1) is 4.77 Å². The lowest BCUT2D eigenvalue weighted by atomic mass is 10.0. The highest BCUT2D eigenvalue weighted by Gasteiger charge is 2.26. The third-order valence-electron chi connectivity index (χ3n) is 5.30. The second-order valence-electron chi connectivity index (χ2n) is 6.88. The number of rotatable bonds is 6. The number of hydrogen-bond donors (Lipinski definition) is 0. The number of allylic oxidation sites excluding steroid dienone is 1. The summed E-state index contributed by atoms with van der Waals surface area (Å²) < 4.78 is 10.2. The molecule has 4 rings (SSSR count). The zero-order valence-electron chi connectivity index (χ0n) is 16.2. The number of methoxy groups -OCH3 is 1. The molecule has 0 fully saturated rings. The molecular weight excluding hydrogens is 388 g/mol. The topological polar surface area (TPSA) is 35.2 Å². The zero-order valence-corrected chi connectivity index (χ0v) is 17.8. The van der Waals surface area contributed by atoms with Crippen LogP contribution in [0.25, 0.3) is 11.4 Å². The van der Waals surface area contributed by atoms with Gasteiger partial charge in [-0.1, -0.05) is 18.2 Å². The average molecular weight is 413 g/mol. The van der Waals surface area contributed by atoms with Gasteiger partial charge in [0.25, 0.3) is 0 Å². The van der Waals surface area contributed by atoms with E-state index in [9.17, 15) is 0 Å². The van der Waals surface area contributed by atoms with Gasteiger partial charge < -0.3 is 4.74 Å². The summed E-state index contributed by atoms with van der Waals surface area (Å²) in [6.45, 7) is 8.43. The Hall–Kier alpha value is -2.22. The number of thiophene rings is 1. The molecule has 0 saturated heterocycles. The van der Waals surface area contributed by atoms with Crippen molar-refractivity contribution < 1.29 is 4.74 Å². The molecule has 1 aliphatic rings. The van der Waals surface area contributed by atoms with Crippen molar-refractivity contribution in [2.24, 2.45) is 0 Å². The van der Waals surface area contributed by atoms with E-state index in [1.807, 2.05) is 50.9 Å². The van der Waals surface area contributed by atoms with Gasteiger partial charge in [-0.3, -0.25) is 9.47 Å². The fraction of sp³-hybridized carbons (Fsp3) is 0.333. The first-order valence-electron chi connectivity index (χ1n) is 9.36. The third kappa shape index (κ3) is 3.34. The molecular formula is C21H24N4OS2. The fourth-order valence-electron chi connectivity index (χ4n) is 3.78. The van der Waals surface area contributed by atoms with Gasteiger partial charge in [0.1, 0.15) is 5.75 Å². The molecule has 146 valence electrons. The number of aromatic nitrogens is 3. The maximum Gasteiger partial charge on any atom is 0.199 e. The number of benzene rings is 1. The molecule has 28 heavy (non-hydrogen) atoms. The van der Waals surface area contributed by atoms with Gasteiger partial charge in [0.05, 0.1) is 19.3 Å². The van der Waals surface area contributed by atoms with Crippen molar-refractivity contribution >= 4 is 23.6 Å². The van der Waals surface area contributed by atoms with Gasteiger partial charge in [-0.05, 0) is 54.7 Å². The number of fused-ring (bicyclic) bond motifs is 1. The van der Waals surface area contributed by atoms with Crippen LogP contribution >= 0.6 is 23.6 Å². The minimum Gasteiger partial charge on any atom is -0.496 e. The molecule has 3 heterocycles. The van der Waals surface area contributed by atoms with Gasteiger partial charge in [0, 0.05) is 24.0 Å². The summed E-state index contributed by atoms with van der Waals surface area (Å²) in [5.41, 5.74) is 2.36. The normalized spacial score (nSPS) is 16.7. The molecule has 1 aliphatic heterocycles. The number of nitrogens with zero attached hydrogens (tertiary/aromatic N) is 4. The van der Waals surface area contributed by atoms with Crippen molar-refractivity contribution in [1.82, 2.24) is 19.2 Å². The highest BCUT2D eigenvalue weighted by Crippen LogP contribution is 2.33. The second kappa shape index (κ2) is 8.03.